The van der Waals surface area contributed by atoms with Gasteiger partial charge in [0.25, 0.3) is 0 Å². The molecule has 0 fully saturated rings. The van der Waals surface area contributed by atoms with Crippen molar-refractivity contribution < 1.29 is 0 Å². The minimum Gasteiger partial charge on any atom is -0.378 e. The number of aromatic nitrogens is 6. The summed E-state index contributed by atoms with van der Waals surface area (Å²) in [6.45, 7) is 2.51. The molecule has 19 heavy (non-hydrogen) atoms. The Hall–Kier alpha value is -2.70. The van der Waals surface area contributed by atoms with Crippen LogP contribution in [0, 0.1) is 6.92 Å². The normalized spacial score (nSPS) is 10.6. The van der Waals surface area contributed by atoms with Gasteiger partial charge < -0.3 is 10.3 Å². The monoisotopic (exact) mass is 255 g/mol. The van der Waals surface area contributed by atoms with E-state index in [1.165, 1.54) is 0 Å². The molecule has 2 aromatic heterocycles. The van der Waals surface area contributed by atoms with Crippen LogP contribution in [0.25, 0.3) is 5.69 Å². The number of anilines is 1. The lowest BCUT2D eigenvalue weighted by atomic mass is 10.2. The number of H-pyrrole nitrogens is 1. The molecule has 0 aliphatic rings. The van der Waals surface area contributed by atoms with E-state index in [-0.39, 0.29) is 0 Å². The Labute approximate surface area is 109 Å². The smallest absolute Gasteiger partial charge is 0.153 e. The first-order valence-electron chi connectivity index (χ1n) is 5.90. The molecular formula is C12H13N7. The Morgan fingerprint density at radius 2 is 2.32 bits per heavy atom. The summed E-state index contributed by atoms with van der Waals surface area (Å²) < 4.78 is 1.69. The van der Waals surface area contributed by atoms with Crippen LogP contribution in [-0.4, -0.2) is 30.2 Å². The predicted octanol–water partition coefficient (Wildman–Crippen LogP) is 1.31. The third kappa shape index (κ3) is 2.44. The summed E-state index contributed by atoms with van der Waals surface area (Å²) in [5.74, 6) is 1.65. The second kappa shape index (κ2) is 4.89. The highest BCUT2D eigenvalue weighted by atomic mass is 15.5. The van der Waals surface area contributed by atoms with Crippen molar-refractivity contribution in [3.05, 3.63) is 48.3 Å². The Bertz CT molecular complexity index is 656. The summed E-state index contributed by atoms with van der Waals surface area (Å²) in [6, 6.07) is 7.90. The zero-order valence-electron chi connectivity index (χ0n) is 10.4. The maximum atomic E-state index is 4.16. The first-order valence-corrected chi connectivity index (χ1v) is 5.90. The van der Waals surface area contributed by atoms with Crippen molar-refractivity contribution in [1.29, 1.82) is 0 Å². The molecule has 0 atom stereocenters. The van der Waals surface area contributed by atoms with E-state index in [4.69, 9.17) is 0 Å². The van der Waals surface area contributed by atoms with Crippen LogP contribution in [-0.2, 0) is 6.54 Å². The number of nitrogens with one attached hydrogen (secondary N) is 2. The molecule has 2 N–H and O–H groups in total. The van der Waals surface area contributed by atoms with Crippen molar-refractivity contribution in [2.24, 2.45) is 0 Å². The number of aryl methyl sites for hydroxylation is 1. The fourth-order valence-electron chi connectivity index (χ4n) is 1.80. The molecule has 0 aliphatic carbocycles. The fraction of sp³-hybridized carbons (Fsp3) is 0.167. The van der Waals surface area contributed by atoms with Crippen molar-refractivity contribution in [3.63, 3.8) is 0 Å². The molecule has 7 heteroatoms. The molecule has 3 rings (SSSR count). The minimum absolute atomic E-state index is 0.644. The van der Waals surface area contributed by atoms with Crippen LogP contribution in [0.5, 0.6) is 0 Å². The lowest BCUT2D eigenvalue weighted by molar-refractivity contribution is 0.779. The number of hydrogen-bond acceptors (Lipinski definition) is 5. The molecular weight excluding hydrogens is 242 g/mol. The third-order valence-electron chi connectivity index (χ3n) is 2.73. The van der Waals surface area contributed by atoms with Crippen LogP contribution < -0.4 is 5.32 Å². The zero-order valence-corrected chi connectivity index (χ0v) is 10.4. The molecule has 0 saturated carbocycles. The number of rotatable bonds is 4. The molecule has 1 aromatic carbocycles. The summed E-state index contributed by atoms with van der Waals surface area (Å²) in [5, 5.41) is 14.8. The lowest BCUT2D eigenvalue weighted by Gasteiger charge is -2.07. The quantitative estimate of drug-likeness (QED) is 0.734. The van der Waals surface area contributed by atoms with E-state index in [0.29, 0.717) is 6.54 Å². The van der Waals surface area contributed by atoms with Crippen molar-refractivity contribution in [3.8, 4) is 5.69 Å². The summed E-state index contributed by atoms with van der Waals surface area (Å²) >= 11 is 0. The van der Waals surface area contributed by atoms with E-state index in [0.717, 1.165) is 23.0 Å². The molecule has 0 unspecified atom stereocenters. The molecule has 0 amide bonds. The molecule has 2 heterocycles. The van der Waals surface area contributed by atoms with E-state index in [1.54, 1.807) is 17.1 Å². The lowest BCUT2D eigenvalue weighted by Crippen LogP contribution is -2.03. The van der Waals surface area contributed by atoms with Gasteiger partial charge in [-0.2, -0.15) is 4.68 Å². The Balaban J connectivity index is 1.78. The Kier molecular flexibility index (Phi) is 2.93. The van der Waals surface area contributed by atoms with Gasteiger partial charge in [0.15, 0.2) is 5.82 Å². The topological polar surface area (TPSA) is 84.3 Å². The Morgan fingerprint density at radius 3 is 3.05 bits per heavy atom. The largest absolute Gasteiger partial charge is 0.378 e. The predicted molar refractivity (Wildman–Crippen MR) is 69.8 cm³/mol. The highest BCUT2D eigenvalue weighted by Crippen LogP contribution is 2.14. The molecule has 0 saturated heterocycles. The zero-order chi connectivity index (χ0) is 13.1. The van der Waals surface area contributed by atoms with Crippen molar-refractivity contribution in [2.45, 2.75) is 13.5 Å². The number of hydrogen-bond donors (Lipinski definition) is 2. The highest BCUT2D eigenvalue weighted by Gasteiger charge is 2.04. The van der Waals surface area contributed by atoms with Crippen LogP contribution in [0.4, 0.5) is 5.69 Å². The highest BCUT2D eigenvalue weighted by molar-refractivity contribution is 5.50. The van der Waals surface area contributed by atoms with Gasteiger partial charge in [-0.3, -0.25) is 0 Å². The molecule has 96 valence electrons. The van der Waals surface area contributed by atoms with Crippen molar-refractivity contribution in [1.82, 2.24) is 30.2 Å². The van der Waals surface area contributed by atoms with Gasteiger partial charge in [0, 0.05) is 18.1 Å². The second-order valence-corrected chi connectivity index (χ2v) is 4.08. The van der Waals surface area contributed by atoms with Crippen LogP contribution in [0.1, 0.15) is 11.6 Å². The van der Waals surface area contributed by atoms with Gasteiger partial charge in [-0.1, -0.05) is 6.07 Å². The molecule has 0 spiro atoms. The number of benzene rings is 1. The Morgan fingerprint density at radius 1 is 1.37 bits per heavy atom. The van der Waals surface area contributed by atoms with Gasteiger partial charge in [0.2, 0.25) is 0 Å². The molecule has 0 radical (unpaired) electrons. The fourth-order valence-corrected chi connectivity index (χ4v) is 1.80. The van der Waals surface area contributed by atoms with Gasteiger partial charge >= 0.3 is 0 Å². The van der Waals surface area contributed by atoms with E-state index in [9.17, 15) is 0 Å². The standard InChI is InChI=1S/C12H13N7/c1-9-16-17-18-19(9)11-4-2-3-10(7-11)15-8-12-13-5-6-14-12/h2-7,15H,8H2,1H3,(H,13,14). The van der Waals surface area contributed by atoms with Crippen LogP contribution >= 0.6 is 0 Å². The van der Waals surface area contributed by atoms with Crippen molar-refractivity contribution in [2.75, 3.05) is 5.32 Å². The summed E-state index contributed by atoms with van der Waals surface area (Å²) in [4.78, 5) is 7.21. The van der Waals surface area contributed by atoms with E-state index in [1.807, 2.05) is 31.2 Å². The molecule has 0 bridgehead atoms. The van der Waals surface area contributed by atoms with E-state index in [2.05, 4.69) is 30.8 Å². The van der Waals surface area contributed by atoms with Gasteiger partial charge in [-0.15, -0.1) is 5.10 Å². The summed E-state index contributed by atoms with van der Waals surface area (Å²) in [6.07, 6.45) is 3.54. The van der Waals surface area contributed by atoms with E-state index < -0.39 is 0 Å². The number of aromatic amines is 1. The van der Waals surface area contributed by atoms with Crippen LogP contribution in [0.2, 0.25) is 0 Å². The third-order valence-corrected chi connectivity index (χ3v) is 2.73. The van der Waals surface area contributed by atoms with Crippen LogP contribution in [0.15, 0.2) is 36.7 Å². The van der Waals surface area contributed by atoms with Crippen molar-refractivity contribution >= 4 is 5.69 Å². The first kappa shape index (κ1) is 11.4. The second-order valence-electron chi connectivity index (χ2n) is 4.08. The van der Waals surface area contributed by atoms with Gasteiger partial charge in [0.1, 0.15) is 5.82 Å². The average Bonchev–Trinajstić information content (AvgIpc) is 3.08. The number of nitrogens with zero attached hydrogens (tertiary/aromatic N) is 5. The molecule has 7 nitrogen and oxygen atoms in total. The molecule has 0 aliphatic heterocycles. The van der Waals surface area contributed by atoms with Gasteiger partial charge in [-0.05, 0) is 35.5 Å². The van der Waals surface area contributed by atoms with Gasteiger partial charge in [0.05, 0.1) is 12.2 Å². The number of tetrazole rings is 1. The van der Waals surface area contributed by atoms with E-state index >= 15 is 0 Å². The maximum Gasteiger partial charge on any atom is 0.153 e. The first-order chi connectivity index (χ1) is 9.33. The molecule has 3 aromatic rings. The summed E-state index contributed by atoms with van der Waals surface area (Å²) in [7, 11) is 0. The maximum absolute atomic E-state index is 4.16. The number of imidazole rings is 1. The SMILES string of the molecule is Cc1nnnn1-c1cccc(NCc2ncc[nH]2)c1. The average molecular weight is 255 g/mol. The summed E-state index contributed by atoms with van der Waals surface area (Å²) in [5.41, 5.74) is 1.91. The van der Waals surface area contributed by atoms with Crippen LogP contribution in [0.3, 0.4) is 0 Å². The van der Waals surface area contributed by atoms with Gasteiger partial charge in [-0.25, -0.2) is 4.98 Å². The minimum atomic E-state index is 0.644.